The average molecular weight is 590 g/mol. The SMILES string of the molecule is CC(C)(C)OP(=O)(OCC(=O)N1CCC(c2[nH]nc(-c3ccc(Cl)cc3)c2-c2ccncn2)CC1)OC(C)(C)C. The van der Waals surface area contributed by atoms with Crippen molar-refractivity contribution in [2.45, 2.75) is 71.5 Å². The number of aromatic amines is 1. The Balaban J connectivity index is 1.46. The molecule has 40 heavy (non-hydrogen) atoms. The van der Waals surface area contributed by atoms with E-state index in [1.807, 2.05) is 30.3 Å². The van der Waals surface area contributed by atoms with Crippen LogP contribution in [0.15, 0.2) is 42.9 Å². The maximum Gasteiger partial charge on any atom is 0.476 e. The third-order valence-corrected chi connectivity index (χ3v) is 8.36. The van der Waals surface area contributed by atoms with Crippen LogP contribution in [0.2, 0.25) is 5.02 Å². The number of carbonyl (C=O) groups is 1. The van der Waals surface area contributed by atoms with Gasteiger partial charge in [0.2, 0.25) is 5.91 Å². The number of nitrogens with zero attached hydrogens (tertiary/aromatic N) is 4. The molecule has 0 unspecified atom stereocenters. The topological polar surface area (TPSA) is 120 Å². The number of halogens is 1. The van der Waals surface area contributed by atoms with Crippen molar-refractivity contribution in [2.75, 3.05) is 19.7 Å². The lowest BCUT2D eigenvalue weighted by Gasteiger charge is -2.33. The molecule has 0 radical (unpaired) electrons. The third-order valence-electron chi connectivity index (χ3n) is 6.12. The number of phosphoric acid groups is 1. The minimum atomic E-state index is -3.98. The number of amides is 1. The molecule has 1 aromatic carbocycles. The molecule has 1 aliphatic heterocycles. The van der Waals surface area contributed by atoms with Gasteiger partial charge in [0.15, 0.2) is 0 Å². The van der Waals surface area contributed by atoms with Crippen molar-refractivity contribution in [3.05, 3.63) is 53.6 Å². The van der Waals surface area contributed by atoms with Gasteiger partial charge < -0.3 is 4.90 Å². The summed E-state index contributed by atoms with van der Waals surface area (Å²) in [5.74, 6) is -0.140. The van der Waals surface area contributed by atoms with Crippen LogP contribution in [-0.4, -0.2) is 61.9 Å². The van der Waals surface area contributed by atoms with Crippen molar-refractivity contribution in [2.24, 2.45) is 0 Å². The van der Waals surface area contributed by atoms with Gasteiger partial charge in [-0.3, -0.25) is 23.5 Å². The molecule has 1 fully saturated rings. The second-order valence-corrected chi connectivity index (χ2v) is 13.7. The first-order chi connectivity index (χ1) is 18.7. The van der Waals surface area contributed by atoms with Gasteiger partial charge in [-0.25, -0.2) is 14.5 Å². The zero-order valence-corrected chi connectivity index (χ0v) is 25.5. The van der Waals surface area contributed by atoms with E-state index < -0.39 is 25.6 Å². The van der Waals surface area contributed by atoms with Crippen LogP contribution in [0.5, 0.6) is 0 Å². The number of nitrogens with one attached hydrogen (secondary N) is 1. The molecule has 1 N–H and O–H groups in total. The molecule has 0 spiro atoms. The molecule has 1 saturated heterocycles. The molecule has 10 nitrogen and oxygen atoms in total. The number of likely N-dealkylation sites (tertiary alicyclic amines) is 1. The quantitative estimate of drug-likeness (QED) is 0.290. The molecule has 216 valence electrons. The Morgan fingerprint density at radius 1 is 1.05 bits per heavy atom. The molecular weight excluding hydrogens is 553 g/mol. The molecule has 1 aliphatic rings. The Kier molecular flexibility index (Phi) is 9.17. The van der Waals surface area contributed by atoms with Crippen molar-refractivity contribution in [3.8, 4) is 22.5 Å². The first kappa shape index (κ1) is 30.3. The summed E-state index contributed by atoms with van der Waals surface area (Å²) in [5, 5.41) is 8.54. The summed E-state index contributed by atoms with van der Waals surface area (Å²) < 4.78 is 30.1. The molecular formula is C28H37ClN5O5P. The Morgan fingerprint density at radius 2 is 1.68 bits per heavy atom. The first-order valence-electron chi connectivity index (χ1n) is 13.3. The van der Waals surface area contributed by atoms with Crippen molar-refractivity contribution in [1.82, 2.24) is 25.1 Å². The van der Waals surface area contributed by atoms with E-state index in [4.69, 9.17) is 25.2 Å². The van der Waals surface area contributed by atoms with Crippen LogP contribution in [0.4, 0.5) is 0 Å². The van der Waals surface area contributed by atoms with Gasteiger partial charge >= 0.3 is 7.82 Å². The first-order valence-corrected chi connectivity index (χ1v) is 15.1. The van der Waals surface area contributed by atoms with Crippen LogP contribution >= 0.6 is 19.4 Å². The summed E-state index contributed by atoms with van der Waals surface area (Å²) in [6.45, 7) is 11.2. The summed E-state index contributed by atoms with van der Waals surface area (Å²) in [5.41, 5.74) is 2.79. The molecule has 0 atom stereocenters. The number of hydrogen-bond acceptors (Lipinski definition) is 8. The van der Waals surface area contributed by atoms with Gasteiger partial charge in [0.05, 0.1) is 16.9 Å². The van der Waals surface area contributed by atoms with E-state index in [9.17, 15) is 9.36 Å². The molecule has 3 aromatic rings. The minimum absolute atomic E-state index is 0.128. The molecule has 0 aliphatic carbocycles. The van der Waals surface area contributed by atoms with Gasteiger partial charge in [-0.2, -0.15) is 5.10 Å². The lowest BCUT2D eigenvalue weighted by atomic mass is 9.89. The molecule has 2 aromatic heterocycles. The molecule has 0 saturated carbocycles. The summed E-state index contributed by atoms with van der Waals surface area (Å²) in [6, 6.07) is 9.39. The largest absolute Gasteiger partial charge is 0.476 e. The van der Waals surface area contributed by atoms with E-state index >= 15 is 0 Å². The van der Waals surface area contributed by atoms with Crippen molar-refractivity contribution < 1.29 is 22.9 Å². The van der Waals surface area contributed by atoms with Crippen LogP contribution in [0.3, 0.4) is 0 Å². The second-order valence-electron chi connectivity index (χ2n) is 11.7. The Hall–Kier alpha value is -2.62. The molecule has 4 rings (SSSR count). The highest BCUT2D eigenvalue weighted by Gasteiger charge is 2.38. The number of aromatic nitrogens is 4. The predicted molar refractivity (Wildman–Crippen MR) is 154 cm³/mol. The van der Waals surface area contributed by atoms with Gasteiger partial charge in [0.1, 0.15) is 18.6 Å². The van der Waals surface area contributed by atoms with Crippen molar-refractivity contribution in [1.29, 1.82) is 0 Å². The number of H-pyrrole nitrogens is 1. The average Bonchev–Trinajstić information content (AvgIpc) is 3.31. The van der Waals surface area contributed by atoms with E-state index in [-0.39, 0.29) is 11.8 Å². The fourth-order valence-electron chi connectivity index (χ4n) is 4.55. The second kappa shape index (κ2) is 12.1. The number of phosphoric ester groups is 1. The van der Waals surface area contributed by atoms with Crippen molar-refractivity contribution >= 4 is 25.3 Å². The van der Waals surface area contributed by atoms with E-state index in [2.05, 4.69) is 20.2 Å². The number of piperidine rings is 1. The van der Waals surface area contributed by atoms with E-state index in [1.165, 1.54) is 6.33 Å². The number of hydrogen-bond donors (Lipinski definition) is 1. The Labute approximate surface area is 240 Å². The summed E-state index contributed by atoms with van der Waals surface area (Å²) in [6.07, 6.45) is 4.64. The normalized spacial score (nSPS) is 15.4. The number of benzene rings is 1. The molecule has 1 amide bonds. The van der Waals surface area contributed by atoms with Crippen LogP contribution < -0.4 is 0 Å². The summed E-state index contributed by atoms with van der Waals surface area (Å²) >= 11 is 6.11. The molecule has 0 bridgehead atoms. The van der Waals surface area contributed by atoms with Gasteiger partial charge in [0.25, 0.3) is 0 Å². The number of carbonyl (C=O) groups excluding carboxylic acids is 1. The molecule has 3 heterocycles. The monoisotopic (exact) mass is 589 g/mol. The minimum Gasteiger partial charge on any atom is -0.341 e. The van der Waals surface area contributed by atoms with Gasteiger partial charge in [-0.15, -0.1) is 0 Å². The lowest BCUT2D eigenvalue weighted by molar-refractivity contribution is -0.135. The van der Waals surface area contributed by atoms with Crippen LogP contribution in [0.25, 0.3) is 22.5 Å². The maximum atomic E-state index is 13.3. The lowest BCUT2D eigenvalue weighted by Crippen LogP contribution is -2.40. The maximum absolute atomic E-state index is 13.3. The van der Waals surface area contributed by atoms with E-state index in [1.54, 1.807) is 52.6 Å². The Bertz CT molecular complexity index is 1320. The van der Waals surface area contributed by atoms with E-state index in [0.29, 0.717) is 31.0 Å². The van der Waals surface area contributed by atoms with Gasteiger partial charge in [-0.1, -0.05) is 23.7 Å². The fourth-order valence-corrected chi connectivity index (χ4v) is 6.43. The van der Waals surface area contributed by atoms with Crippen molar-refractivity contribution in [3.63, 3.8) is 0 Å². The van der Waals surface area contributed by atoms with Gasteiger partial charge in [0, 0.05) is 47.0 Å². The predicted octanol–water partition coefficient (Wildman–Crippen LogP) is 6.65. The highest BCUT2D eigenvalue weighted by molar-refractivity contribution is 7.48. The van der Waals surface area contributed by atoms with Crippen LogP contribution in [0, 0.1) is 0 Å². The zero-order valence-electron chi connectivity index (χ0n) is 23.8. The van der Waals surface area contributed by atoms with Crippen LogP contribution in [-0.2, 0) is 22.9 Å². The summed E-state index contributed by atoms with van der Waals surface area (Å²) in [7, 11) is -3.98. The zero-order chi connectivity index (χ0) is 29.1. The standard InChI is InChI=1S/C28H37ClN5O5P/c1-27(2,3)38-40(36,39-28(4,5)6)37-17-23(35)34-15-12-20(13-16-34)26-24(22-11-14-30-18-31-22)25(32-33-26)19-7-9-21(29)10-8-19/h7-11,14,18,20H,12-13,15-17H2,1-6H3,(H,32,33). The Morgan fingerprint density at radius 3 is 2.23 bits per heavy atom. The van der Waals surface area contributed by atoms with Gasteiger partial charge in [-0.05, 0) is 72.6 Å². The van der Waals surface area contributed by atoms with E-state index in [0.717, 1.165) is 28.2 Å². The molecule has 12 heteroatoms. The smallest absolute Gasteiger partial charge is 0.341 e. The third kappa shape index (κ3) is 7.98. The van der Waals surface area contributed by atoms with Crippen LogP contribution in [0.1, 0.15) is 66.0 Å². The summed E-state index contributed by atoms with van der Waals surface area (Å²) in [4.78, 5) is 23.3. The highest BCUT2D eigenvalue weighted by atomic mass is 35.5. The number of rotatable bonds is 8. The fraction of sp³-hybridized carbons (Fsp3) is 0.500. The highest BCUT2D eigenvalue weighted by Crippen LogP contribution is 2.55.